The monoisotopic (exact) mass is 266 g/mol. The summed E-state index contributed by atoms with van der Waals surface area (Å²) in [6, 6.07) is 20.5. The number of rotatable bonds is 5. The highest BCUT2D eigenvalue weighted by atomic mass is 16.5. The summed E-state index contributed by atoms with van der Waals surface area (Å²) in [6.07, 6.45) is 0. The predicted octanol–water partition coefficient (Wildman–Crippen LogP) is 2.89. The SMILES string of the molecule is CCOC(=O)CN=C(c1[c-]cccc1)c1ccccc1. The Morgan fingerprint density at radius 2 is 1.90 bits per heavy atom. The maximum absolute atomic E-state index is 11.5. The minimum atomic E-state index is -0.322. The van der Waals surface area contributed by atoms with E-state index in [1.54, 1.807) is 6.92 Å². The number of hydrogen-bond donors (Lipinski definition) is 0. The van der Waals surface area contributed by atoms with Crippen molar-refractivity contribution in [3.8, 4) is 0 Å². The molecule has 0 unspecified atom stereocenters. The first-order valence-corrected chi connectivity index (χ1v) is 6.54. The smallest absolute Gasteiger partial charge is 0.326 e. The van der Waals surface area contributed by atoms with Crippen molar-refractivity contribution in [1.82, 2.24) is 0 Å². The lowest BCUT2D eigenvalue weighted by Gasteiger charge is -2.13. The van der Waals surface area contributed by atoms with Gasteiger partial charge in [-0.3, -0.25) is 4.79 Å². The fraction of sp³-hybridized carbons (Fsp3) is 0.176. The van der Waals surface area contributed by atoms with Gasteiger partial charge >= 0.3 is 5.97 Å². The fourth-order valence-corrected chi connectivity index (χ4v) is 1.82. The molecule has 0 saturated heterocycles. The molecule has 0 atom stereocenters. The number of esters is 1. The first-order valence-electron chi connectivity index (χ1n) is 6.54. The number of hydrogen-bond acceptors (Lipinski definition) is 3. The van der Waals surface area contributed by atoms with Crippen molar-refractivity contribution in [1.29, 1.82) is 0 Å². The van der Waals surface area contributed by atoms with Crippen LogP contribution in [0.3, 0.4) is 0 Å². The van der Waals surface area contributed by atoms with Gasteiger partial charge in [-0.05, 0) is 18.2 Å². The Morgan fingerprint density at radius 1 is 1.15 bits per heavy atom. The molecule has 2 aromatic carbocycles. The second-order valence-electron chi connectivity index (χ2n) is 4.11. The van der Waals surface area contributed by atoms with E-state index in [2.05, 4.69) is 11.1 Å². The molecule has 0 bridgehead atoms. The third kappa shape index (κ3) is 3.79. The van der Waals surface area contributed by atoms with Gasteiger partial charge in [0.05, 0.1) is 6.61 Å². The summed E-state index contributed by atoms with van der Waals surface area (Å²) in [6.45, 7) is 2.16. The van der Waals surface area contributed by atoms with Gasteiger partial charge in [0, 0.05) is 0 Å². The molecule has 2 rings (SSSR count). The summed E-state index contributed by atoms with van der Waals surface area (Å²) in [5.74, 6) is -0.322. The Balaban J connectivity index is 2.30. The Hall–Kier alpha value is -2.42. The van der Waals surface area contributed by atoms with Crippen LogP contribution in [0.2, 0.25) is 0 Å². The molecule has 0 amide bonds. The molecule has 0 heterocycles. The van der Waals surface area contributed by atoms with E-state index < -0.39 is 0 Å². The second-order valence-corrected chi connectivity index (χ2v) is 4.11. The van der Waals surface area contributed by atoms with Crippen LogP contribution in [0.1, 0.15) is 18.1 Å². The van der Waals surface area contributed by atoms with Crippen molar-refractivity contribution >= 4 is 11.7 Å². The zero-order valence-corrected chi connectivity index (χ0v) is 11.4. The lowest BCUT2D eigenvalue weighted by atomic mass is 10.0. The van der Waals surface area contributed by atoms with Gasteiger partial charge < -0.3 is 9.73 Å². The van der Waals surface area contributed by atoms with Gasteiger partial charge in [-0.15, -0.1) is 35.9 Å². The Bertz CT molecular complexity index is 535. The maximum Gasteiger partial charge on any atom is 0.326 e. The molecule has 0 aliphatic carbocycles. The first-order chi connectivity index (χ1) is 9.81. The van der Waals surface area contributed by atoms with Crippen molar-refractivity contribution in [3.05, 3.63) is 71.8 Å². The predicted molar refractivity (Wildman–Crippen MR) is 78.9 cm³/mol. The van der Waals surface area contributed by atoms with Crippen LogP contribution in [-0.2, 0) is 9.53 Å². The van der Waals surface area contributed by atoms with Crippen LogP contribution in [0, 0.1) is 6.07 Å². The van der Waals surface area contributed by atoms with E-state index in [1.807, 2.05) is 54.6 Å². The Kier molecular flexibility index (Phi) is 5.07. The average molecular weight is 266 g/mol. The van der Waals surface area contributed by atoms with Gasteiger partial charge in [0.25, 0.3) is 0 Å². The molecule has 0 radical (unpaired) electrons. The normalized spacial score (nSPS) is 11.2. The zero-order chi connectivity index (χ0) is 14.2. The molecule has 0 spiro atoms. The van der Waals surface area contributed by atoms with Crippen molar-refractivity contribution in [2.45, 2.75) is 6.92 Å². The summed E-state index contributed by atoms with van der Waals surface area (Å²) in [7, 11) is 0. The Labute approximate surface area is 118 Å². The molecule has 0 aliphatic rings. The van der Waals surface area contributed by atoms with Gasteiger partial charge in [0.1, 0.15) is 6.54 Å². The quantitative estimate of drug-likeness (QED) is 0.474. The van der Waals surface area contributed by atoms with E-state index in [4.69, 9.17) is 4.74 Å². The van der Waals surface area contributed by atoms with Crippen LogP contribution in [0.4, 0.5) is 0 Å². The molecular weight excluding hydrogens is 250 g/mol. The van der Waals surface area contributed by atoms with E-state index in [0.29, 0.717) is 6.61 Å². The van der Waals surface area contributed by atoms with Crippen LogP contribution in [-0.4, -0.2) is 24.8 Å². The summed E-state index contributed by atoms with van der Waals surface area (Å²) in [5, 5.41) is 0. The summed E-state index contributed by atoms with van der Waals surface area (Å²) < 4.78 is 4.91. The Morgan fingerprint density at radius 3 is 2.55 bits per heavy atom. The van der Waals surface area contributed by atoms with Crippen LogP contribution in [0.5, 0.6) is 0 Å². The second kappa shape index (κ2) is 7.24. The van der Waals surface area contributed by atoms with Crippen molar-refractivity contribution in [2.75, 3.05) is 13.2 Å². The molecule has 20 heavy (non-hydrogen) atoms. The highest BCUT2D eigenvalue weighted by Gasteiger charge is 2.02. The lowest BCUT2D eigenvalue weighted by molar-refractivity contribution is -0.141. The van der Waals surface area contributed by atoms with Crippen LogP contribution < -0.4 is 0 Å². The van der Waals surface area contributed by atoms with Gasteiger partial charge in [0.2, 0.25) is 0 Å². The minimum Gasteiger partial charge on any atom is -0.465 e. The van der Waals surface area contributed by atoms with Crippen molar-refractivity contribution < 1.29 is 9.53 Å². The maximum atomic E-state index is 11.5. The average Bonchev–Trinajstić information content (AvgIpc) is 2.50. The lowest BCUT2D eigenvalue weighted by Crippen LogP contribution is -2.11. The van der Waals surface area contributed by atoms with Crippen molar-refractivity contribution in [3.63, 3.8) is 0 Å². The van der Waals surface area contributed by atoms with Gasteiger partial charge in [0.15, 0.2) is 0 Å². The molecule has 0 fully saturated rings. The summed E-state index contributed by atoms with van der Waals surface area (Å²) in [4.78, 5) is 15.9. The highest BCUT2D eigenvalue weighted by molar-refractivity contribution is 6.13. The number of nitrogens with zero attached hydrogens (tertiary/aromatic N) is 1. The number of aliphatic imine (C=N–C) groups is 1. The topological polar surface area (TPSA) is 38.7 Å². The molecule has 3 heteroatoms. The van der Waals surface area contributed by atoms with Crippen LogP contribution in [0.25, 0.3) is 0 Å². The summed E-state index contributed by atoms with van der Waals surface area (Å²) >= 11 is 0. The molecule has 0 saturated carbocycles. The zero-order valence-electron chi connectivity index (χ0n) is 11.4. The summed E-state index contributed by atoms with van der Waals surface area (Å²) in [5.41, 5.74) is 2.57. The van der Waals surface area contributed by atoms with E-state index in [1.165, 1.54) is 0 Å². The third-order valence-electron chi connectivity index (χ3n) is 2.68. The van der Waals surface area contributed by atoms with Gasteiger partial charge in [-0.25, -0.2) is 0 Å². The molecule has 0 aliphatic heterocycles. The van der Waals surface area contributed by atoms with Gasteiger partial charge in [-0.1, -0.05) is 30.3 Å². The largest absolute Gasteiger partial charge is 0.465 e. The van der Waals surface area contributed by atoms with Crippen LogP contribution in [0.15, 0.2) is 59.6 Å². The minimum absolute atomic E-state index is 0.0147. The first kappa shape index (κ1) is 14.0. The molecule has 3 nitrogen and oxygen atoms in total. The number of carbonyl (C=O) groups is 1. The fourth-order valence-electron chi connectivity index (χ4n) is 1.82. The van der Waals surface area contributed by atoms with Crippen molar-refractivity contribution in [2.24, 2.45) is 4.99 Å². The van der Waals surface area contributed by atoms with E-state index in [0.717, 1.165) is 16.8 Å². The standard InChI is InChI=1S/C17H16NO2/c1-2-20-16(19)13-18-17(14-9-5-3-6-10-14)15-11-7-4-8-12-15/h3-11H,2,13H2,1H3/q-1. The van der Waals surface area contributed by atoms with E-state index >= 15 is 0 Å². The molecular formula is C17H16NO2-. The van der Waals surface area contributed by atoms with Crippen LogP contribution >= 0.6 is 0 Å². The number of ether oxygens (including phenoxy) is 1. The van der Waals surface area contributed by atoms with Gasteiger partial charge in [-0.2, -0.15) is 0 Å². The molecule has 0 N–H and O–H groups in total. The van der Waals surface area contributed by atoms with E-state index in [-0.39, 0.29) is 12.5 Å². The number of carbonyl (C=O) groups excluding carboxylic acids is 1. The molecule has 2 aromatic rings. The molecule has 0 aromatic heterocycles. The van der Waals surface area contributed by atoms with E-state index in [9.17, 15) is 4.79 Å². The highest BCUT2D eigenvalue weighted by Crippen LogP contribution is 2.10. The number of benzene rings is 2. The molecule has 102 valence electrons. The third-order valence-corrected chi connectivity index (χ3v) is 2.68.